The Morgan fingerprint density at radius 1 is 1.05 bits per heavy atom. The molecule has 1 saturated heterocycles. The van der Waals surface area contributed by atoms with Crippen LogP contribution in [0.15, 0.2) is 74.9 Å². The van der Waals surface area contributed by atoms with Gasteiger partial charge in [0.2, 0.25) is 0 Å². The van der Waals surface area contributed by atoms with Crippen molar-refractivity contribution in [1.29, 1.82) is 0 Å². The monoisotopic (exact) mass is 713 g/mol. The Hall–Kier alpha value is -2.35. The molecule has 0 saturated carbocycles. The Bertz CT molecular complexity index is 1490. The van der Waals surface area contributed by atoms with E-state index in [0.29, 0.717) is 9.13 Å². The van der Waals surface area contributed by atoms with Crippen LogP contribution in [0.1, 0.15) is 23.6 Å². The van der Waals surface area contributed by atoms with Gasteiger partial charge in [-0.15, -0.1) is 0 Å². The van der Waals surface area contributed by atoms with E-state index in [-0.39, 0.29) is 39.7 Å². The SMILES string of the molecule is CCOc1cc(/C=C2\SC(=O)N(Cc3ccc(Br)cc3)C2=O)cc(I)c1OS(=O)(=O)c1ccc(C)cc1. The zero-order valence-electron chi connectivity index (χ0n) is 19.7. The van der Waals surface area contributed by atoms with E-state index in [2.05, 4.69) is 15.9 Å². The van der Waals surface area contributed by atoms with Crippen LogP contribution in [0.3, 0.4) is 0 Å². The lowest BCUT2D eigenvalue weighted by molar-refractivity contribution is -0.123. The van der Waals surface area contributed by atoms with E-state index in [9.17, 15) is 18.0 Å². The van der Waals surface area contributed by atoms with Gasteiger partial charge in [-0.05, 0) is 102 Å². The van der Waals surface area contributed by atoms with Crippen molar-refractivity contribution in [2.45, 2.75) is 25.3 Å². The van der Waals surface area contributed by atoms with Crippen molar-refractivity contribution < 1.29 is 26.9 Å². The molecule has 3 aromatic carbocycles. The average Bonchev–Trinajstić information content (AvgIpc) is 3.10. The molecule has 1 fully saturated rings. The number of thioether (sulfide) groups is 1. The molecule has 0 aromatic heterocycles. The molecule has 0 radical (unpaired) electrons. The van der Waals surface area contributed by atoms with E-state index in [1.54, 1.807) is 37.3 Å². The number of hydrogen-bond donors (Lipinski definition) is 0. The molecule has 0 atom stereocenters. The van der Waals surface area contributed by atoms with Gasteiger partial charge in [-0.25, -0.2) is 0 Å². The Morgan fingerprint density at radius 3 is 2.38 bits per heavy atom. The predicted molar refractivity (Wildman–Crippen MR) is 155 cm³/mol. The number of carbonyl (C=O) groups excluding carboxylic acids is 2. The third kappa shape index (κ3) is 6.57. The summed E-state index contributed by atoms with van der Waals surface area (Å²) in [6, 6.07) is 17.0. The maximum atomic E-state index is 13.0. The molecule has 3 aromatic rings. The third-order valence-electron chi connectivity index (χ3n) is 5.26. The summed E-state index contributed by atoms with van der Waals surface area (Å²) in [5.74, 6) is -0.123. The molecular weight excluding hydrogens is 693 g/mol. The van der Waals surface area contributed by atoms with Gasteiger partial charge in [0.1, 0.15) is 4.90 Å². The van der Waals surface area contributed by atoms with Crippen LogP contribution in [-0.2, 0) is 21.5 Å². The van der Waals surface area contributed by atoms with Crippen molar-refractivity contribution >= 4 is 77.6 Å². The van der Waals surface area contributed by atoms with Crippen molar-refractivity contribution in [3.05, 3.63) is 90.3 Å². The van der Waals surface area contributed by atoms with Crippen molar-refractivity contribution in [3.8, 4) is 11.5 Å². The van der Waals surface area contributed by atoms with E-state index in [4.69, 9.17) is 8.92 Å². The molecule has 0 aliphatic carbocycles. The van der Waals surface area contributed by atoms with E-state index in [1.165, 1.54) is 17.0 Å². The number of halogens is 2. The van der Waals surface area contributed by atoms with Crippen LogP contribution >= 0.6 is 50.3 Å². The Labute approximate surface area is 241 Å². The molecule has 7 nitrogen and oxygen atoms in total. The number of benzene rings is 3. The van der Waals surface area contributed by atoms with Crippen molar-refractivity contribution in [2.24, 2.45) is 0 Å². The summed E-state index contributed by atoms with van der Waals surface area (Å²) in [6.45, 7) is 4.07. The summed E-state index contributed by atoms with van der Waals surface area (Å²) in [7, 11) is -4.10. The molecular formula is C26H21BrINO6S2. The van der Waals surface area contributed by atoms with E-state index < -0.39 is 16.0 Å². The number of rotatable bonds is 8. The Morgan fingerprint density at radius 2 is 1.73 bits per heavy atom. The Kier molecular flexibility index (Phi) is 8.66. The van der Waals surface area contributed by atoms with Gasteiger partial charge in [0.15, 0.2) is 11.5 Å². The summed E-state index contributed by atoms with van der Waals surface area (Å²) in [6.07, 6.45) is 1.59. The first-order valence-electron chi connectivity index (χ1n) is 11.0. The highest BCUT2D eigenvalue weighted by molar-refractivity contribution is 14.1. The number of aryl methyl sites for hydroxylation is 1. The first-order chi connectivity index (χ1) is 17.6. The second-order valence-corrected chi connectivity index (χ2v) is 12.6. The van der Waals surface area contributed by atoms with Gasteiger partial charge < -0.3 is 8.92 Å². The normalized spacial score (nSPS) is 14.9. The minimum absolute atomic E-state index is 0.0277. The maximum absolute atomic E-state index is 13.0. The van der Waals surface area contributed by atoms with E-state index in [1.807, 2.05) is 53.8 Å². The molecule has 1 heterocycles. The highest BCUT2D eigenvalue weighted by Crippen LogP contribution is 2.39. The first-order valence-corrected chi connectivity index (χ1v) is 15.1. The zero-order chi connectivity index (χ0) is 26.7. The third-order valence-corrected chi connectivity index (χ3v) is 8.73. The smallest absolute Gasteiger partial charge is 0.339 e. The second-order valence-electron chi connectivity index (χ2n) is 8.01. The van der Waals surface area contributed by atoms with Crippen molar-refractivity contribution in [3.63, 3.8) is 0 Å². The topological polar surface area (TPSA) is 90.0 Å². The van der Waals surface area contributed by atoms with Crippen molar-refractivity contribution in [1.82, 2.24) is 4.90 Å². The van der Waals surface area contributed by atoms with Gasteiger partial charge >= 0.3 is 10.1 Å². The fraction of sp³-hybridized carbons (Fsp3) is 0.154. The highest BCUT2D eigenvalue weighted by Gasteiger charge is 2.35. The molecule has 0 bridgehead atoms. The van der Waals surface area contributed by atoms with Crippen LogP contribution in [0.2, 0.25) is 0 Å². The summed E-state index contributed by atoms with van der Waals surface area (Å²) >= 11 is 6.19. The van der Waals surface area contributed by atoms with Crippen LogP contribution < -0.4 is 8.92 Å². The highest BCUT2D eigenvalue weighted by atomic mass is 127. The van der Waals surface area contributed by atoms with Gasteiger partial charge in [0.25, 0.3) is 11.1 Å². The average molecular weight is 714 g/mol. The number of ether oxygens (including phenoxy) is 1. The number of hydrogen-bond acceptors (Lipinski definition) is 7. The second kappa shape index (κ2) is 11.6. The lowest BCUT2D eigenvalue weighted by Gasteiger charge is -2.15. The van der Waals surface area contributed by atoms with E-state index in [0.717, 1.165) is 27.4 Å². The maximum Gasteiger partial charge on any atom is 0.339 e. The zero-order valence-corrected chi connectivity index (χ0v) is 25.1. The molecule has 0 unspecified atom stereocenters. The van der Waals surface area contributed by atoms with Crippen LogP contribution in [0.25, 0.3) is 6.08 Å². The fourth-order valence-electron chi connectivity index (χ4n) is 3.44. The molecule has 1 aliphatic rings. The quantitative estimate of drug-likeness (QED) is 0.145. The van der Waals surface area contributed by atoms with Gasteiger partial charge in [-0.3, -0.25) is 14.5 Å². The van der Waals surface area contributed by atoms with Crippen molar-refractivity contribution in [2.75, 3.05) is 6.61 Å². The van der Waals surface area contributed by atoms with Crippen LogP contribution in [-0.4, -0.2) is 31.1 Å². The summed E-state index contributed by atoms with van der Waals surface area (Å²) in [4.78, 5) is 27.0. The molecule has 0 spiro atoms. The van der Waals surface area contributed by atoms with Crippen LogP contribution in [0, 0.1) is 10.5 Å². The van der Waals surface area contributed by atoms with Gasteiger partial charge in [0.05, 0.1) is 21.6 Å². The molecule has 4 rings (SSSR count). The molecule has 1 aliphatic heterocycles. The summed E-state index contributed by atoms with van der Waals surface area (Å²) in [5, 5.41) is -0.358. The number of carbonyl (C=O) groups is 2. The predicted octanol–water partition coefficient (Wildman–Crippen LogP) is 6.77. The van der Waals surface area contributed by atoms with E-state index >= 15 is 0 Å². The standard InChI is InChI=1S/C26H21BrINO6S2/c1-3-34-22-13-18(12-21(28)24(22)35-37(32,33)20-10-4-16(2)5-11-20)14-23-25(30)29(26(31)36-23)15-17-6-8-19(27)9-7-17/h4-14H,3,15H2,1-2H3/b23-14-. The molecule has 192 valence electrons. The number of amides is 2. The lowest BCUT2D eigenvalue weighted by Crippen LogP contribution is -2.27. The minimum atomic E-state index is -4.10. The first kappa shape index (κ1) is 27.7. The fourth-order valence-corrected chi connectivity index (χ4v) is 6.38. The van der Waals surface area contributed by atoms with Gasteiger partial charge in [-0.2, -0.15) is 8.42 Å². The van der Waals surface area contributed by atoms with Crippen LogP contribution in [0.5, 0.6) is 11.5 Å². The van der Waals surface area contributed by atoms with Gasteiger partial charge in [-0.1, -0.05) is 45.8 Å². The molecule has 11 heteroatoms. The Balaban J connectivity index is 1.61. The summed E-state index contributed by atoms with van der Waals surface area (Å²) in [5.41, 5.74) is 2.33. The van der Waals surface area contributed by atoms with Crippen LogP contribution in [0.4, 0.5) is 4.79 Å². The molecule has 2 amide bonds. The minimum Gasteiger partial charge on any atom is -0.490 e. The molecule has 0 N–H and O–H groups in total. The molecule has 37 heavy (non-hydrogen) atoms. The number of imide groups is 1. The lowest BCUT2D eigenvalue weighted by atomic mass is 10.1. The number of nitrogens with zero attached hydrogens (tertiary/aromatic N) is 1. The largest absolute Gasteiger partial charge is 0.490 e. The summed E-state index contributed by atoms with van der Waals surface area (Å²) < 4.78 is 38.3. The van der Waals surface area contributed by atoms with Gasteiger partial charge in [0, 0.05) is 4.47 Å².